The van der Waals surface area contributed by atoms with Crippen molar-refractivity contribution < 1.29 is 18.6 Å². The van der Waals surface area contributed by atoms with Crippen LogP contribution in [-0.2, 0) is 0 Å². The van der Waals surface area contributed by atoms with E-state index in [0.29, 0.717) is 42.1 Å². The maximum absolute atomic E-state index is 12.8. The largest absolute Gasteiger partial charge is 0.488 e. The molecule has 0 fully saturated rings. The molecule has 0 aliphatic rings. The Bertz CT molecular complexity index is 1080. The van der Waals surface area contributed by atoms with E-state index >= 15 is 0 Å². The Kier molecular flexibility index (Phi) is 10.5. The van der Waals surface area contributed by atoms with Gasteiger partial charge in [-0.25, -0.2) is 4.79 Å². The van der Waals surface area contributed by atoms with Crippen molar-refractivity contribution in [3.8, 4) is 17.2 Å². The highest BCUT2D eigenvalue weighted by atomic mass is 16.5. The number of ether oxygens (including phenoxy) is 3. The Hall–Kier alpha value is -2.95. The lowest BCUT2D eigenvalue weighted by molar-refractivity contribution is 0.131. The zero-order chi connectivity index (χ0) is 25.1. The maximum atomic E-state index is 12.8. The van der Waals surface area contributed by atoms with Crippen molar-refractivity contribution in [1.82, 2.24) is 0 Å². The van der Waals surface area contributed by atoms with E-state index in [9.17, 15) is 4.79 Å². The molecule has 0 bridgehead atoms. The Balaban J connectivity index is 2.33. The van der Waals surface area contributed by atoms with Crippen LogP contribution >= 0.6 is 0 Å². The van der Waals surface area contributed by atoms with Crippen molar-refractivity contribution in [2.45, 2.75) is 79.8 Å². The topological polar surface area (TPSA) is 57.9 Å². The molecule has 1 aromatic heterocycles. The summed E-state index contributed by atoms with van der Waals surface area (Å²) in [6, 6.07) is 5.43. The van der Waals surface area contributed by atoms with Crippen LogP contribution in [0.2, 0.25) is 0 Å². The van der Waals surface area contributed by atoms with Crippen LogP contribution in [0, 0.1) is 0 Å². The van der Waals surface area contributed by atoms with Crippen molar-refractivity contribution in [2.75, 3.05) is 13.2 Å². The Morgan fingerprint density at radius 1 is 1.00 bits per heavy atom. The number of benzene rings is 1. The van der Waals surface area contributed by atoms with Crippen molar-refractivity contribution in [3.05, 3.63) is 64.1 Å². The minimum Gasteiger partial charge on any atom is -0.488 e. The van der Waals surface area contributed by atoms with Crippen LogP contribution in [0.4, 0.5) is 0 Å². The van der Waals surface area contributed by atoms with E-state index in [1.54, 1.807) is 6.07 Å². The van der Waals surface area contributed by atoms with E-state index in [2.05, 4.69) is 39.8 Å². The Labute approximate surface area is 204 Å². The molecular weight excluding hydrogens is 428 g/mol. The number of hydrogen-bond acceptors (Lipinski definition) is 5. The van der Waals surface area contributed by atoms with E-state index < -0.39 is 5.63 Å². The molecular formula is C29H40O5. The molecule has 0 N–H and O–H groups in total. The lowest BCUT2D eigenvalue weighted by Crippen LogP contribution is -2.22. The fourth-order valence-electron chi connectivity index (χ4n) is 3.29. The Morgan fingerprint density at radius 2 is 1.76 bits per heavy atom. The van der Waals surface area contributed by atoms with Gasteiger partial charge in [0.05, 0.1) is 12.0 Å². The summed E-state index contributed by atoms with van der Waals surface area (Å²) < 4.78 is 23.5. The number of fused-ring (bicyclic) bond motifs is 1. The fourth-order valence-corrected chi connectivity index (χ4v) is 3.29. The zero-order valence-electron chi connectivity index (χ0n) is 21.8. The molecule has 0 saturated heterocycles. The van der Waals surface area contributed by atoms with Gasteiger partial charge in [-0.3, -0.25) is 0 Å². The smallest absolute Gasteiger partial charge is 0.383 e. The number of rotatable bonds is 12. The molecule has 2 rings (SSSR count). The van der Waals surface area contributed by atoms with Crippen LogP contribution in [-0.4, -0.2) is 18.8 Å². The molecule has 5 nitrogen and oxygen atoms in total. The van der Waals surface area contributed by atoms with Gasteiger partial charge < -0.3 is 18.6 Å². The molecule has 0 radical (unpaired) electrons. The van der Waals surface area contributed by atoms with Crippen LogP contribution in [0.3, 0.4) is 0 Å². The highest BCUT2D eigenvalue weighted by molar-refractivity contribution is 5.86. The van der Waals surface area contributed by atoms with Crippen LogP contribution in [0.1, 0.15) is 74.1 Å². The van der Waals surface area contributed by atoms with Gasteiger partial charge in [0, 0.05) is 6.07 Å². The molecule has 2 aromatic rings. The quantitative estimate of drug-likeness (QED) is 0.181. The predicted molar refractivity (Wildman–Crippen MR) is 140 cm³/mol. The summed E-state index contributed by atoms with van der Waals surface area (Å²) >= 11 is 0. The fraction of sp³-hybridized carbons (Fsp3) is 0.483. The third-order valence-corrected chi connectivity index (χ3v) is 4.90. The highest BCUT2D eigenvalue weighted by Crippen LogP contribution is 2.35. The van der Waals surface area contributed by atoms with Gasteiger partial charge in [0.25, 0.3) is 0 Å². The third-order valence-electron chi connectivity index (χ3n) is 4.90. The molecule has 1 aromatic carbocycles. The summed E-state index contributed by atoms with van der Waals surface area (Å²) in [6.45, 7) is 15.0. The molecule has 0 spiro atoms. The van der Waals surface area contributed by atoms with Gasteiger partial charge in [0.2, 0.25) is 5.75 Å². The van der Waals surface area contributed by atoms with Crippen molar-refractivity contribution in [2.24, 2.45) is 0 Å². The van der Waals surface area contributed by atoms with Crippen LogP contribution in [0.15, 0.2) is 62.9 Å². The second-order valence-electron chi connectivity index (χ2n) is 9.62. The van der Waals surface area contributed by atoms with Crippen LogP contribution in [0.25, 0.3) is 11.0 Å². The van der Waals surface area contributed by atoms with Gasteiger partial charge in [-0.15, -0.1) is 0 Å². The van der Waals surface area contributed by atoms with Gasteiger partial charge in [0.1, 0.15) is 23.5 Å². The summed E-state index contributed by atoms with van der Waals surface area (Å²) in [6.07, 6.45) is 12.0. The molecule has 5 heteroatoms. The minimum atomic E-state index is -0.556. The van der Waals surface area contributed by atoms with E-state index in [1.807, 2.05) is 45.1 Å². The molecule has 0 atom stereocenters. The van der Waals surface area contributed by atoms with Crippen molar-refractivity contribution in [3.63, 3.8) is 0 Å². The van der Waals surface area contributed by atoms with Crippen molar-refractivity contribution in [1.29, 1.82) is 0 Å². The molecule has 34 heavy (non-hydrogen) atoms. The van der Waals surface area contributed by atoms with Gasteiger partial charge in [-0.2, -0.15) is 0 Å². The van der Waals surface area contributed by atoms with E-state index in [-0.39, 0.29) is 11.4 Å². The Morgan fingerprint density at radius 3 is 2.44 bits per heavy atom. The molecule has 0 saturated carbocycles. The third kappa shape index (κ3) is 9.12. The standard InChI is InChI=1S/C29H40O5/c1-8-9-10-11-18-31-27-26(32-19-17-22(4)14-12-13-21(2)3)24-16-15-23(34-29(5,6)7)20-25(24)33-28(27)30/h9-10,13,15-17,20H,8,11-12,14,18-19H2,1-7H3/b10-9?,22-17+. The summed E-state index contributed by atoms with van der Waals surface area (Å²) in [5.41, 5.74) is 2.04. The first-order valence-electron chi connectivity index (χ1n) is 12.1. The lowest BCUT2D eigenvalue weighted by atomic mass is 10.1. The molecule has 1 heterocycles. The monoisotopic (exact) mass is 468 g/mol. The SMILES string of the molecule is CCC=CCCOc1c(OC/C=C(\C)CCC=C(C)C)c2ccc(OC(C)(C)C)cc2oc1=O. The average molecular weight is 469 g/mol. The van der Waals surface area contributed by atoms with E-state index in [1.165, 1.54) is 11.1 Å². The van der Waals surface area contributed by atoms with Gasteiger partial charge in [-0.05, 0) is 85.4 Å². The molecule has 0 unspecified atom stereocenters. The first-order valence-corrected chi connectivity index (χ1v) is 12.1. The summed E-state index contributed by atoms with van der Waals surface area (Å²) in [4.78, 5) is 12.8. The predicted octanol–water partition coefficient (Wildman–Crippen LogP) is 7.78. The highest BCUT2D eigenvalue weighted by Gasteiger charge is 2.19. The first-order chi connectivity index (χ1) is 16.1. The van der Waals surface area contributed by atoms with Gasteiger partial charge >= 0.3 is 5.63 Å². The summed E-state index contributed by atoms with van der Waals surface area (Å²) in [5, 5.41) is 0.676. The summed E-state index contributed by atoms with van der Waals surface area (Å²) in [7, 11) is 0. The number of allylic oxidation sites excluding steroid dienone is 4. The molecule has 0 aliphatic heterocycles. The van der Waals surface area contributed by atoms with Gasteiger partial charge in [-0.1, -0.05) is 36.3 Å². The average Bonchev–Trinajstić information content (AvgIpc) is 2.73. The van der Waals surface area contributed by atoms with Crippen molar-refractivity contribution >= 4 is 11.0 Å². The minimum absolute atomic E-state index is 0.109. The first kappa shape index (κ1) is 27.3. The van der Waals surface area contributed by atoms with Crippen LogP contribution in [0.5, 0.6) is 17.2 Å². The molecule has 186 valence electrons. The summed E-state index contributed by atoms with van der Waals surface area (Å²) in [5.74, 6) is 1.14. The second-order valence-corrected chi connectivity index (χ2v) is 9.62. The number of hydrogen-bond donors (Lipinski definition) is 0. The normalized spacial score (nSPS) is 12.3. The molecule has 0 amide bonds. The van der Waals surface area contributed by atoms with Gasteiger partial charge in [0.15, 0.2) is 5.75 Å². The van der Waals surface area contributed by atoms with Crippen LogP contribution < -0.4 is 19.8 Å². The van der Waals surface area contributed by atoms with E-state index in [0.717, 1.165) is 19.3 Å². The maximum Gasteiger partial charge on any atom is 0.383 e. The lowest BCUT2D eigenvalue weighted by Gasteiger charge is -2.21. The zero-order valence-corrected chi connectivity index (χ0v) is 21.8. The molecule has 0 aliphatic carbocycles. The second kappa shape index (κ2) is 13.1. The van der Waals surface area contributed by atoms with E-state index in [4.69, 9.17) is 18.6 Å².